The Labute approximate surface area is 370 Å². The molecule has 12 aromatic carbocycles. The first-order valence-electron chi connectivity index (χ1n) is 22.9. The third-order valence-corrected chi connectivity index (χ3v) is 14.8. The Kier molecular flexibility index (Phi) is 7.25. The molecule has 64 heavy (non-hydrogen) atoms. The topological polar surface area (TPSA) is 31.6 Å². The fourth-order valence-electron chi connectivity index (χ4n) is 11.8. The van der Waals surface area contributed by atoms with Crippen molar-refractivity contribution in [3.63, 3.8) is 0 Å². The monoisotopic (exact) mass is 816 g/mol. The van der Waals surface area contributed by atoms with E-state index >= 15 is 0 Å². The molecule has 0 unspecified atom stereocenters. The minimum absolute atomic E-state index is 0.461. The lowest BCUT2D eigenvalue weighted by Crippen LogP contribution is -1.93. The molecule has 0 bridgehead atoms. The Balaban J connectivity index is 0.884. The molecule has 0 amide bonds. The molecular weight excluding hydrogens is 773 g/mol. The van der Waals surface area contributed by atoms with Crippen LogP contribution in [-0.2, 0) is 0 Å². The summed E-state index contributed by atoms with van der Waals surface area (Å²) in [5.74, 6) is 0.922. The van der Waals surface area contributed by atoms with E-state index in [9.17, 15) is 0 Å². The van der Waals surface area contributed by atoms with Crippen LogP contribution in [0.4, 0.5) is 0 Å². The zero-order valence-corrected chi connectivity index (χ0v) is 36.3. The van der Waals surface area contributed by atoms with Crippen LogP contribution in [0.15, 0.2) is 170 Å². The predicted octanol–water partition coefficient (Wildman–Crippen LogP) is 17.9. The highest BCUT2D eigenvalue weighted by molar-refractivity contribution is 6.29. The fourth-order valence-corrected chi connectivity index (χ4v) is 11.8. The molecule has 14 aromatic rings. The van der Waals surface area contributed by atoms with Gasteiger partial charge in [-0.15, -0.1) is 0 Å². The number of benzene rings is 12. The molecule has 2 heterocycles. The quantitative estimate of drug-likeness (QED) is 0.157. The van der Waals surface area contributed by atoms with Gasteiger partial charge in [-0.05, 0) is 144 Å². The van der Waals surface area contributed by atoms with E-state index in [4.69, 9.17) is 0 Å². The van der Waals surface area contributed by atoms with Crippen LogP contribution in [0.3, 0.4) is 0 Å². The minimum atomic E-state index is 0.461. The Bertz CT molecular complexity index is 3920. The summed E-state index contributed by atoms with van der Waals surface area (Å²) in [5, 5.41) is 23.7. The van der Waals surface area contributed by atoms with E-state index in [2.05, 4.69) is 208 Å². The molecule has 0 fully saturated rings. The van der Waals surface area contributed by atoms with Crippen molar-refractivity contribution in [3.05, 3.63) is 181 Å². The number of rotatable bonds is 6. The van der Waals surface area contributed by atoms with Gasteiger partial charge in [-0.3, -0.25) is 0 Å². The van der Waals surface area contributed by atoms with Crippen molar-refractivity contribution in [2.45, 2.75) is 39.5 Å². The maximum Gasteiger partial charge on any atom is 0.0465 e. The largest absolute Gasteiger partial charge is 0.355 e. The molecule has 14 rings (SSSR count). The van der Waals surface area contributed by atoms with Gasteiger partial charge in [0.05, 0.1) is 0 Å². The molecule has 0 atom stereocenters. The van der Waals surface area contributed by atoms with Crippen LogP contribution >= 0.6 is 0 Å². The van der Waals surface area contributed by atoms with Crippen LogP contribution in [0.2, 0.25) is 0 Å². The van der Waals surface area contributed by atoms with Gasteiger partial charge in [0.2, 0.25) is 0 Å². The smallest absolute Gasteiger partial charge is 0.0465 e. The summed E-state index contributed by atoms with van der Waals surface area (Å²) in [6, 6.07) is 64.5. The standard InChI is InChI=1S/C62H44N2/c1-33(2)41-17-5-35-13-25-49-43(19-7-37-11-23-47(41)57(35)59(37)49)53-29-31-55(63-53)45-21-9-39-16-28-52-46(22-10-40-15-27-51(45)61(39)62(40)52)56-32-30-54(64-56)44-20-8-38-12-24-48-42(34(3)4)18-6-36-14-26-50(44)60(38)58(36)48/h5-34,63-64H,1-4H3. The van der Waals surface area contributed by atoms with Crippen molar-refractivity contribution in [2.24, 2.45) is 0 Å². The molecule has 0 radical (unpaired) electrons. The van der Waals surface area contributed by atoms with E-state index in [0.29, 0.717) is 11.8 Å². The molecule has 2 aromatic heterocycles. The van der Waals surface area contributed by atoms with Gasteiger partial charge in [0.1, 0.15) is 0 Å². The number of nitrogens with one attached hydrogen (secondary N) is 2. The molecular formula is C62H44N2. The normalized spacial score (nSPS) is 12.7. The number of aromatic amines is 2. The molecule has 2 heteroatoms. The Morgan fingerprint density at radius 2 is 0.453 bits per heavy atom. The lowest BCUT2D eigenvalue weighted by atomic mass is 9.87. The van der Waals surface area contributed by atoms with E-state index in [1.165, 1.54) is 130 Å². The van der Waals surface area contributed by atoms with Crippen molar-refractivity contribution in [1.29, 1.82) is 0 Å². The van der Waals surface area contributed by atoms with Crippen LogP contribution in [0.1, 0.15) is 50.7 Å². The zero-order chi connectivity index (χ0) is 42.5. The second-order valence-corrected chi connectivity index (χ2v) is 18.9. The van der Waals surface area contributed by atoms with Crippen LogP contribution in [0.25, 0.3) is 142 Å². The van der Waals surface area contributed by atoms with Crippen molar-refractivity contribution in [2.75, 3.05) is 0 Å². The second-order valence-electron chi connectivity index (χ2n) is 18.9. The van der Waals surface area contributed by atoms with Gasteiger partial charge in [0.15, 0.2) is 0 Å². The molecule has 2 nitrogen and oxygen atoms in total. The number of hydrogen-bond acceptors (Lipinski definition) is 0. The summed E-state index contributed by atoms with van der Waals surface area (Å²) in [6.45, 7) is 9.18. The summed E-state index contributed by atoms with van der Waals surface area (Å²) in [4.78, 5) is 7.82. The van der Waals surface area contributed by atoms with Gasteiger partial charge in [0, 0.05) is 45.0 Å². The first kappa shape index (κ1) is 35.9. The van der Waals surface area contributed by atoms with Crippen LogP contribution in [0.5, 0.6) is 0 Å². The molecule has 0 spiro atoms. The average molecular weight is 817 g/mol. The molecule has 0 aliphatic heterocycles. The van der Waals surface area contributed by atoms with E-state index in [1.807, 2.05) is 0 Å². The Morgan fingerprint density at radius 3 is 0.719 bits per heavy atom. The van der Waals surface area contributed by atoms with Crippen LogP contribution in [0, 0.1) is 0 Å². The van der Waals surface area contributed by atoms with Crippen LogP contribution in [-0.4, -0.2) is 9.97 Å². The summed E-state index contributed by atoms with van der Waals surface area (Å²) >= 11 is 0. The molecule has 0 saturated carbocycles. The van der Waals surface area contributed by atoms with Gasteiger partial charge in [0.25, 0.3) is 0 Å². The van der Waals surface area contributed by atoms with E-state index < -0.39 is 0 Å². The highest BCUT2D eigenvalue weighted by Gasteiger charge is 2.20. The SMILES string of the molecule is CC(C)c1ccc2ccc3c(-c4ccc(-c5ccc6ccc7c(-c8ccc(-c9ccc%10ccc%11c(C(C)C)ccc%12ccc9c%10c%12%11)[nH]8)ccc8ccc5c6c87)[nH]4)ccc4ccc1c2c43. The predicted molar refractivity (Wildman–Crippen MR) is 276 cm³/mol. The van der Waals surface area contributed by atoms with Crippen molar-refractivity contribution < 1.29 is 0 Å². The van der Waals surface area contributed by atoms with Crippen molar-refractivity contribution >= 4 is 97.0 Å². The van der Waals surface area contributed by atoms with E-state index in [0.717, 1.165) is 22.8 Å². The van der Waals surface area contributed by atoms with Crippen LogP contribution < -0.4 is 0 Å². The number of H-pyrrole nitrogens is 2. The van der Waals surface area contributed by atoms with E-state index in [1.54, 1.807) is 0 Å². The van der Waals surface area contributed by atoms with Crippen molar-refractivity contribution in [3.8, 4) is 45.0 Å². The summed E-state index contributed by atoms with van der Waals surface area (Å²) in [7, 11) is 0. The van der Waals surface area contributed by atoms with Gasteiger partial charge in [-0.25, -0.2) is 0 Å². The maximum atomic E-state index is 3.91. The van der Waals surface area contributed by atoms with Gasteiger partial charge >= 0.3 is 0 Å². The summed E-state index contributed by atoms with van der Waals surface area (Å²) in [6.07, 6.45) is 0. The highest BCUT2D eigenvalue weighted by Crippen LogP contribution is 2.46. The third kappa shape index (κ3) is 4.86. The molecule has 0 aliphatic carbocycles. The molecule has 0 aliphatic rings. The second kappa shape index (κ2) is 12.9. The van der Waals surface area contributed by atoms with Crippen molar-refractivity contribution in [1.82, 2.24) is 9.97 Å². The zero-order valence-electron chi connectivity index (χ0n) is 36.3. The van der Waals surface area contributed by atoms with E-state index in [-0.39, 0.29) is 0 Å². The maximum absolute atomic E-state index is 3.91. The molecule has 0 saturated heterocycles. The number of hydrogen-bond donors (Lipinski definition) is 2. The lowest BCUT2D eigenvalue weighted by molar-refractivity contribution is 0.877. The molecule has 302 valence electrons. The van der Waals surface area contributed by atoms with Gasteiger partial charge in [-0.1, -0.05) is 173 Å². The Morgan fingerprint density at radius 1 is 0.234 bits per heavy atom. The fraction of sp³-hybridized carbons (Fsp3) is 0.0968. The lowest BCUT2D eigenvalue weighted by Gasteiger charge is -2.17. The first-order chi connectivity index (χ1) is 31.4. The van der Waals surface area contributed by atoms with Gasteiger partial charge < -0.3 is 9.97 Å². The Hall–Kier alpha value is -7.68. The summed E-state index contributed by atoms with van der Waals surface area (Å²) < 4.78 is 0. The summed E-state index contributed by atoms with van der Waals surface area (Å²) in [5.41, 5.74) is 12.3. The first-order valence-corrected chi connectivity index (χ1v) is 22.9. The third-order valence-electron chi connectivity index (χ3n) is 14.8. The number of aromatic nitrogens is 2. The molecule has 2 N–H and O–H groups in total. The highest BCUT2D eigenvalue weighted by atomic mass is 14.7. The average Bonchev–Trinajstić information content (AvgIpc) is 4.02. The van der Waals surface area contributed by atoms with Gasteiger partial charge in [-0.2, -0.15) is 0 Å². The minimum Gasteiger partial charge on any atom is -0.355 e.